The van der Waals surface area contributed by atoms with Gasteiger partial charge in [-0.1, -0.05) is 18.2 Å². The van der Waals surface area contributed by atoms with Gasteiger partial charge in [-0.25, -0.2) is 0 Å². The number of rotatable bonds is 6. The molecule has 1 aromatic carbocycles. The van der Waals surface area contributed by atoms with Crippen LogP contribution in [0.5, 0.6) is 5.75 Å². The second-order valence-electron chi connectivity index (χ2n) is 3.90. The smallest absolute Gasteiger partial charge is 0.216 e. The van der Waals surface area contributed by atoms with Crippen LogP contribution in [0.1, 0.15) is 25.5 Å². The Hall–Kier alpha value is -1.55. The highest BCUT2D eigenvalue weighted by molar-refractivity contribution is 5.72. The first kappa shape index (κ1) is 13.5. The van der Waals surface area contributed by atoms with E-state index >= 15 is 0 Å². The van der Waals surface area contributed by atoms with Crippen LogP contribution >= 0.6 is 0 Å². The van der Waals surface area contributed by atoms with E-state index in [2.05, 4.69) is 17.6 Å². The summed E-state index contributed by atoms with van der Waals surface area (Å²) in [6, 6.07) is 8.12. The highest BCUT2D eigenvalue weighted by Gasteiger charge is 2.09. The second-order valence-corrected chi connectivity index (χ2v) is 3.90. The van der Waals surface area contributed by atoms with Crippen LogP contribution in [0, 0.1) is 0 Å². The van der Waals surface area contributed by atoms with Crippen molar-refractivity contribution in [2.45, 2.75) is 19.9 Å². The highest BCUT2D eigenvalue weighted by Crippen LogP contribution is 2.23. The van der Waals surface area contributed by atoms with Crippen LogP contribution in [-0.4, -0.2) is 26.1 Å². The number of ether oxygens (including phenoxy) is 1. The van der Waals surface area contributed by atoms with Crippen LogP contribution in [-0.2, 0) is 4.79 Å². The molecule has 1 amide bonds. The maximum atomic E-state index is 10.7. The molecule has 0 saturated heterocycles. The minimum absolute atomic E-state index is 0.00301. The van der Waals surface area contributed by atoms with E-state index in [-0.39, 0.29) is 11.9 Å². The Kier molecular flexibility index (Phi) is 5.49. The number of carbonyl (C=O) groups excluding carboxylic acids is 1. The normalized spacial score (nSPS) is 11.9. The van der Waals surface area contributed by atoms with Crippen LogP contribution in [0.3, 0.4) is 0 Å². The monoisotopic (exact) mass is 236 g/mol. The lowest BCUT2D eigenvalue weighted by atomic mass is 10.1. The van der Waals surface area contributed by atoms with E-state index in [0.29, 0.717) is 6.54 Å². The summed E-state index contributed by atoms with van der Waals surface area (Å²) in [6.07, 6.45) is 0. The fraction of sp³-hybridized carbons (Fsp3) is 0.462. The van der Waals surface area contributed by atoms with Crippen molar-refractivity contribution in [1.82, 2.24) is 10.6 Å². The molecule has 17 heavy (non-hydrogen) atoms. The quantitative estimate of drug-likeness (QED) is 0.736. The van der Waals surface area contributed by atoms with Gasteiger partial charge in [0.2, 0.25) is 5.91 Å². The van der Waals surface area contributed by atoms with E-state index < -0.39 is 0 Å². The average Bonchev–Trinajstić information content (AvgIpc) is 2.34. The fourth-order valence-electron chi connectivity index (χ4n) is 1.66. The van der Waals surface area contributed by atoms with E-state index in [4.69, 9.17) is 4.74 Å². The van der Waals surface area contributed by atoms with Gasteiger partial charge in [-0.2, -0.15) is 0 Å². The molecule has 0 aromatic heterocycles. The molecule has 0 heterocycles. The number of para-hydroxylation sites is 1. The number of hydrogen-bond donors (Lipinski definition) is 2. The Morgan fingerprint density at radius 1 is 1.35 bits per heavy atom. The predicted molar refractivity (Wildman–Crippen MR) is 68.1 cm³/mol. The van der Waals surface area contributed by atoms with Gasteiger partial charge in [0, 0.05) is 31.6 Å². The topological polar surface area (TPSA) is 50.4 Å². The highest BCUT2D eigenvalue weighted by atomic mass is 16.5. The van der Waals surface area contributed by atoms with E-state index in [1.807, 2.05) is 24.3 Å². The van der Waals surface area contributed by atoms with Crippen molar-refractivity contribution in [3.63, 3.8) is 0 Å². The Labute approximate surface area is 102 Å². The van der Waals surface area contributed by atoms with Crippen molar-refractivity contribution < 1.29 is 9.53 Å². The van der Waals surface area contributed by atoms with Crippen LogP contribution in [0.15, 0.2) is 24.3 Å². The zero-order valence-corrected chi connectivity index (χ0v) is 10.6. The number of hydrogen-bond acceptors (Lipinski definition) is 3. The van der Waals surface area contributed by atoms with Crippen LogP contribution in [0.4, 0.5) is 0 Å². The Balaban J connectivity index is 2.46. The van der Waals surface area contributed by atoms with Crippen molar-refractivity contribution in [1.29, 1.82) is 0 Å². The van der Waals surface area contributed by atoms with Crippen molar-refractivity contribution in [2.24, 2.45) is 0 Å². The van der Waals surface area contributed by atoms with Crippen molar-refractivity contribution in [3.8, 4) is 5.75 Å². The summed E-state index contributed by atoms with van der Waals surface area (Å²) in [6.45, 7) is 4.96. The molecule has 0 unspecified atom stereocenters. The third-order valence-corrected chi connectivity index (χ3v) is 2.55. The molecule has 2 N–H and O–H groups in total. The Morgan fingerprint density at radius 2 is 2.06 bits per heavy atom. The molecule has 94 valence electrons. The first-order valence-electron chi connectivity index (χ1n) is 5.76. The van der Waals surface area contributed by atoms with Gasteiger partial charge in [0.25, 0.3) is 0 Å². The number of carbonyl (C=O) groups is 1. The lowest BCUT2D eigenvalue weighted by Gasteiger charge is -2.17. The average molecular weight is 236 g/mol. The zero-order chi connectivity index (χ0) is 12.7. The molecule has 0 saturated carbocycles. The van der Waals surface area contributed by atoms with E-state index in [1.54, 1.807) is 7.11 Å². The fourth-order valence-corrected chi connectivity index (χ4v) is 1.66. The summed E-state index contributed by atoms with van der Waals surface area (Å²) >= 11 is 0. The molecule has 0 aliphatic heterocycles. The summed E-state index contributed by atoms with van der Waals surface area (Å²) in [5.74, 6) is 0.878. The molecule has 0 aliphatic carbocycles. The second kappa shape index (κ2) is 6.91. The van der Waals surface area contributed by atoms with Crippen molar-refractivity contribution >= 4 is 5.91 Å². The van der Waals surface area contributed by atoms with Gasteiger partial charge < -0.3 is 15.4 Å². The van der Waals surface area contributed by atoms with Crippen molar-refractivity contribution in [3.05, 3.63) is 29.8 Å². The summed E-state index contributed by atoms with van der Waals surface area (Å²) < 4.78 is 5.30. The van der Waals surface area contributed by atoms with Crippen molar-refractivity contribution in [2.75, 3.05) is 20.2 Å². The van der Waals surface area contributed by atoms with E-state index in [9.17, 15) is 4.79 Å². The summed E-state index contributed by atoms with van der Waals surface area (Å²) in [5, 5.41) is 6.08. The molecular weight excluding hydrogens is 216 g/mol. The minimum Gasteiger partial charge on any atom is -0.496 e. The zero-order valence-electron chi connectivity index (χ0n) is 10.6. The molecule has 0 fully saturated rings. The van der Waals surface area contributed by atoms with Gasteiger partial charge in [-0.05, 0) is 13.0 Å². The third-order valence-electron chi connectivity index (χ3n) is 2.55. The number of benzene rings is 1. The molecule has 4 heteroatoms. The van der Waals surface area contributed by atoms with E-state index in [0.717, 1.165) is 17.9 Å². The number of nitrogens with one attached hydrogen (secondary N) is 2. The molecule has 1 rings (SSSR count). The maximum absolute atomic E-state index is 10.7. The van der Waals surface area contributed by atoms with Gasteiger partial charge >= 0.3 is 0 Å². The van der Waals surface area contributed by atoms with Gasteiger partial charge in [0.05, 0.1) is 7.11 Å². The van der Waals surface area contributed by atoms with Crippen LogP contribution < -0.4 is 15.4 Å². The van der Waals surface area contributed by atoms with Gasteiger partial charge in [0.15, 0.2) is 0 Å². The SMILES string of the molecule is COc1ccccc1[C@@H](C)NCCNC(C)=O. The molecule has 1 aromatic rings. The van der Waals surface area contributed by atoms with E-state index in [1.165, 1.54) is 6.92 Å². The molecule has 0 bridgehead atoms. The third kappa shape index (κ3) is 4.44. The Bertz CT molecular complexity index is 366. The molecule has 4 nitrogen and oxygen atoms in total. The predicted octanol–water partition coefficient (Wildman–Crippen LogP) is 1.48. The minimum atomic E-state index is -0.00301. The Morgan fingerprint density at radius 3 is 2.71 bits per heavy atom. The van der Waals surface area contributed by atoms with Gasteiger partial charge in [-0.15, -0.1) is 0 Å². The lowest BCUT2D eigenvalue weighted by Crippen LogP contribution is -2.31. The molecule has 1 atom stereocenters. The molecular formula is C13H20N2O2. The maximum Gasteiger partial charge on any atom is 0.216 e. The van der Waals surface area contributed by atoms with Crippen LogP contribution in [0.25, 0.3) is 0 Å². The number of methoxy groups -OCH3 is 1. The standard InChI is InChI=1S/C13H20N2O2/c1-10(14-8-9-15-11(2)16)12-6-4-5-7-13(12)17-3/h4-7,10,14H,8-9H2,1-3H3,(H,15,16)/t10-/m1/s1. The molecule has 0 spiro atoms. The lowest BCUT2D eigenvalue weighted by molar-refractivity contribution is -0.118. The number of amides is 1. The summed E-state index contributed by atoms with van der Waals surface area (Å²) in [4.78, 5) is 10.7. The largest absolute Gasteiger partial charge is 0.496 e. The first-order valence-corrected chi connectivity index (χ1v) is 5.76. The van der Waals surface area contributed by atoms with Crippen LogP contribution in [0.2, 0.25) is 0 Å². The van der Waals surface area contributed by atoms with Gasteiger partial charge in [0.1, 0.15) is 5.75 Å². The first-order chi connectivity index (χ1) is 8.15. The summed E-state index contributed by atoms with van der Waals surface area (Å²) in [7, 11) is 1.67. The molecule has 0 radical (unpaired) electrons. The summed E-state index contributed by atoms with van der Waals surface area (Å²) in [5.41, 5.74) is 1.12. The molecule has 0 aliphatic rings. The van der Waals surface area contributed by atoms with Gasteiger partial charge in [-0.3, -0.25) is 4.79 Å².